The number of carbonyl (C=O) groups is 1. The van der Waals surface area contributed by atoms with Crippen LogP contribution in [0.1, 0.15) is 10.4 Å². The summed E-state index contributed by atoms with van der Waals surface area (Å²) >= 11 is 0. The molecule has 2 aromatic rings. The molecule has 1 aromatic carbocycles. The molecule has 1 aromatic heterocycles. The molecule has 0 amide bonds. The molecule has 86 valence electrons. The molecule has 0 saturated carbocycles. The minimum Gasteiger partial charge on any atom is -0.507 e. The first-order valence-corrected chi connectivity index (χ1v) is 4.76. The van der Waals surface area contributed by atoms with E-state index in [0.29, 0.717) is 11.3 Å². The molecule has 0 atom stereocenters. The molecule has 0 radical (unpaired) electrons. The van der Waals surface area contributed by atoms with E-state index in [1.165, 1.54) is 30.5 Å². The molecule has 0 saturated heterocycles. The lowest BCUT2D eigenvalue weighted by molar-refractivity contribution is 0.0696. The normalized spacial score (nSPS) is 10.2. The van der Waals surface area contributed by atoms with Gasteiger partial charge < -0.3 is 10.2 Å². The Balaban J connectivity index is 2.43. The van der Waals surface area contributed by atoms with Gasteiger partial charge in [-0.25, -0.2) is 9.18 Å². The Bertz CT molecular complexity index is 566. The Morgan fingerprint density at radius 1 is 1.24 bits per heavy atom. The van der Waals surface area contributed by atoms with Crippen molar-refractivity contribution in [2.75, 3.05) is 0 Å². The molecule has 1 heterocycles. The summed E-state index contributed by atoms with van der Waals surface area (Å²) in [5.41, 5.74) is 0.784. The highest BCUT2D eigenvalue weighted by Crippen LogP contribution is 2.27. The number of hydrogen-bond acceptors (Lipinski definition) is 3. The minimum absolute atomic E-state index is 0.0513. The first kappa shape index (κ1) is 11.1. The van der Waals surface area contributed by atoms with E-state index in [1.807, 2.05) is 0 Å². The zero-order valence-electron chi connectivity index (χ0n) is 8.59. The van der Waals surface area contributed by atoms with E-state index in [4.69, 9.17) is 5.11 Å². The number of pyridine rings is 1. The highest BCUT2D eigenvalue weighted by Gasteiger charge is 2.08. The summed E-state index contributed by atoms with van der Waals surface area (Å²) in [6.45, 7) is 0. The lowest BCUT2D eigenvalue weighted by atomic mass is 10.1. The van der Waals surface area contributed by atoms with Crippen LogP contribution in [0.15, 0.2) is 36.5 Å². The summed E-state index contributed by atoms with van der Waals surface area (Å²) in [5, 5.41) is 18.2. The third-order valence-corrected chi connectivity index (χ3v) is 2.25. The van der Waals surface area contributed by atoms with Gasteiger partial charge in [-0.3, -0.25) is 4.98 Å². The van der Waals surface area contributed by atoms with Crippen LogP contribution in [-0.2, 0) is 0 Å². The van der Waals surface area contributed by atoms with Gasteiger partial charge in [0.2, 0.25) is 0 Å². The predicted octanol–water partition coefficient (Wildman–Crippen LogP) is 2.29. The lowest BCUT2D eigenvalue weighted by Crippen LogP contribution is -1.97. The van der Waals surface area contributed by atoms with Gasteiger partial charge in [0.1, 0.15) is 11.6 Å². The molecule has 17 heavy (non-hydrogen) atoms. The van der Waals surface area contributed by atoms with Crippen molar-refractivity contribution in [2.24, 2.45) is 0 Å². The van der Waals surface area contributed by atoms with Gasteiger partial charge >= 0.3 is 5.97 Å². The van der Waals surface area contributed by atoms with Crippen LogP contribution in [0.25, 0.3) is 11.3 Å². The summed E-state index contributed by atoms with van der Waals surface area (Å²) in [4.78, 5) is 14.5. The van der Waals surface area contributed by atoms with Crippen LogP contribution in [0.3, 0.4) is 0 Å². The molecule has 0 aliphatic carbocycles. The van der Waals surface area contributed by atoms with Crippen LogP contribution in [0.4, 0.5) is 4.39 Å². The molecule has 0 unspecified atom stereocenters. The zero-order chi connectivity index (χ0) is 12.4. The molecule has 0 fully saturated rings. The van der Waals surface area contributed by atoms with E-state index in [0.717, 1.165) is 6.07 Å². The highest BCUT2D eigenvalue weighted by atomic mass is 19.1. The Kier molecular flexibility index (Phi) is 2.74. The Labute approximate surface area is 96.0 Å². The largest absolute Gasteiger partial charge is 0.507 e. The molecule has 2 N–H and O–H groups in total. The predicted molar refractivity (Wildman–Crippen MR) is 58.3 cm³/mol. The van der Waals surface area contributed by atoms with Crippen molar-refractivity contribution in [3.8, 4) is 17.0 Å². The summed E-state index contributed by atoms with van der Waals surface area (Å²) in [7, 11) is 0. The van der Waals surface area contributed by atoms with Gasteiger partial charge in [-0.2, -0.15) is 0 Å². The molecule has 4 nitrogen and oxygen atoms in total. The molecule has 0 bridgehead atoms. The number of phenolic OH excluding ortho intramolecular Hbond substituents is 1. The maximum Gasteiger partial charge on any atom is 0.337 e. The fourth-order valence-corrected chi connectivity index (χ4v) is 1.40. The Morgan fingerprint density at radius 2 is 2.00 bits per heavy atom. The van der Waals surface area contributed by atoms with Crippen molar-refractivity contribution in [3.63, 3.8) is 0 Å². The number of phenols is 1. The average Bonchev–Trinajstić information content (AvgIpc) is 2.29. The number of hydrogen-bond donors (Lipinski definition) is 2. The molecular formula is C12H8FNO3. The topological polar surface area (TPSA) is 70.4 Å². The molecular weight excluding hydrogens is 225 g/mol. The van der Waals surface area contributed by atoms with Crippen molar-refractivity contribution >= 4 is 5.97 Å². The average molecular weight is 233 g/mol. The van der Waals surface area contributed by atoms with E-state index in [-0.39, 0.29) is 11.3 Å². The molecule has 0 aliphatic rings. The lowest BCUT2D eigenvalue weighted by Gasteiger charge is -2.04. The standard InChI is InChI=1S/C12H8FNO3/c13-8-2-3-9(11(15)5-8)10-4-1-7(6-14-10)12(16)17/h1-6,15H,(H,16,17). The van der Waals surface area contributed by atoms with Crippen LogP contribution < -0.4 is 0 Å². The number of benzene rings is 1. The number of aromatic carboxylic acids is 1. The fourth-order valence-electron chi connectivity index (χ4n) is 1.40. The van der Waals surface area contributed by atoms with Gasteiger partial charge in [0.15, 0.2) is 0 Å². The van der Waals surface area contributed by atoms with E-state index in [2.05, 4.69) is 4.98 Å². The summed E-state index contributed by atoms with van der Waals surface area (Å²) in [5.74, 6) is -1.86. The van der Waals surface area contributed by atoms with Gasteiger partial charge in [-0.1, -0.05) is 0 Å². The second kappa shape index (κ2) is 4.21. The summed E-state index contributed by atoms with van der Waals surface area (Å²) in [6.07, 6.45) is 1.18. The van der Waals surface area contributed by atoms with Crippen molar-refractivity contribution in [1.29, 1.82) is 0 Å². The summed E-state index contributed by atoms with van der Waals surface area (Å²) in [6, 6.07) is 6.38. The minimum atomic E-state index is -1.08. The smallest absolute Gasteiger partial charge is 0.337 e. The third kappa shape index (κ3) is 2.23. The highest BCUT2D eigenvalue weighted by molar-refractivity contribution is 5.87. The number of carboxylic acids is 1. The number of nitrogens with zero attached hydrogens (tertiary/aromatic N) is 1. The number of rotatable bonds is 2. The second-order valence-electron chi connectivity index (χ2n) is 3.40. The van der Waals surface area contributed by atoms with Gasteiger partial charge in [0.25, 0.3) is 0 Å². The van der Waals surface area contributed by atoms with Crippen LogP contribution in [0, 0.1) is 5.82 Å². The van der Waals surface area contributed by atoms with Gasteiger partial charge in [0, 0.05) is 17.8 Å². The molecule has 2 rings (SSSR count). The monoisotopic (exact) mass is 233 g/mol. The Hall–Kier alpha value is -2.43. The number of halogens is 1. The van der Waals surface area contributed by atoms with Crippen LogP contribution in [-0.4, -0.2) is 21.2 Å². The van der Waals surface area contributed by atoms with Crippen LogP contribution in [0.5, 0.6) is 5.75 Å². The van der Waals surface area contributed by atoms with Gasteiger partial charge in [0.05, 0.1) is 11.3 Å². The number of aromatic hydroxyl groups is 1. The SMILES string of the molecule is O=C(O)c1ccc(-c2ccc(F)cc2O)nc1. The van der Waals surface area contributed by atoms with Crippen LogP contribution >= 0.6 is 0 Å². The van der Waals surface area contributed by atoms with E-state index >= 15 is 0 Å². The fraction of sp³-hybridized carbons (Fsp3) is 0. The van der Waals surface area contributed by atoms with E-state index in [1.54, 1.807) is 0 Å². The summed E-state index contributed by atoms with van der Waals surface area (Å²) < 4.78 is 12.8. The van der Waals surface area contributed by atoms with Crippen molar-refractivity contribution in [1.82, 2.24) is 4.98 Å². The van der Waals surface area contributed by atoms with E-state index < -0.39 is 11.8 Å². The van der Waals surface area contributed by atoms with Crippen molar-refractivity contribution < 1.29 is 19.4 Å². The first-order valence-electron chi connectivity index (χ1n) is 4.76. The maximum atomic E-state index is 12.8. The maximum absolute atomic E-state index is 12.8. The third-order valence-electron chi connectivity index (χ3n) is 2.25. The van der Waals surface area contributed by atoms with Crippen molar-refractivity contribution in [2.45, 2.75) is 0 Å². The number of aromatic nitrogens is 1. The molecule has 0 spiro atoms. The van der Waals surface area contributed by atoms with Gasteiger partial charge in [-0.15, -0.1) is 0 Å². The van der Waals surface area contributed by atoms with Gasteiger partial charge in [-0.05, 0) is 24.3 Å². The first-order chi connectivity index (χ1) is 8.08. The quantitative estimate of drug-likeness (QED) is 0.834. The zero-order valence-corrected chi connectivity index (χ0v) is 8.59. The molecule has 5 heteroatoms. The second-order valence-corrected chi connectivity index (χ2v) is 3.40. The molecule has 0 aliphatic heterocycles. The van der Waals surface area contributed by atoms with E-state index in [9.17, 15) is 14.3 Å². The van der Waals surface area contributed by atoms with Crippen LogP contribution in [0.2, 0.25) is 0 Å². The Morgan fingerprint density at radius 3 is 2.53 bits per heavy atom. The number of carboxylic acid groups (broad SMARTS) is 1. The van der Waals surface area contributed by atoms with Crippen molar-refractivity contribution in [3.05, 3.63) is 47.9 Å².